The molecule has 4 aliphatic carbocycles. The molecule has 0 unspecified atom stereocenters. The summed E-state index contributed by atoms with van der Waals surface area (Å²) in [7, 11) is -3.90. The second-order valence-electron chi connectivity index (χ2n) is 18.4. The van der Waals surface area contributed by atoms with Gasteiger partial charge in [0.15, 0.2) is 16.6 Å². The molecule has 4 saturated carbocycles. The lowest BCUT2D eigenvalue weighted by Gasteiger charge is -2.45. The predicted molar refractivity (Wildman–Crippen MR) is 194 cm³/mol. The molecule has 0 heterocycles. The smallest absolute Gasteiger partial charge is 0.192 e. The average Bonchev–Trinajstić information content (AvgIpc) is 3.68. The van der Waals surface area contributed by atoms with E-state index >= 15 is 0 Å². The van der Waals surface area contributed by atoms with E-state index in [0.29, 0.717) is 29.1 Å². The second-order valence-corrected chi connectivity index (χ2v) is 27.9. The Morgan fingerprint density at radius 1 is 0.909 bits per heavy atom. The zero-order valence-corrected chi connectivity index (χ0v) is 32.7. The normalized spacial score (nSPS) is 34.2. The molecule has 0 aliphatic heterocycles. The van der Waals surface area contributed by atoms with Gasteiger partial charge in [-0.1, -0.05) is 91.8 Å². The Morgan fingerprint density at radius 2 is 1.52 bits per heavy atom. The number of aliphatic hydroxyl groups excluding tert-OH is 1. The zero-order valence-electron chi connectivity index (χ0n) is 30.7. The summed E-state index contributed by atoms with van der Waals surface area (Å²) in [6, 6.07) is 0. The maximum atomic E-state index is 10.5. The molecule has 0 saturated heterocycles. The molecule has 0 aromatic carbocycles. The van der Waals surface area contributed by atoms with Gasteiger partial charge in [-0.05, 0) is 128 Å². The number of hydrogen-bond acceptors (Lipinski definition) is 3. The molecule has 0 bridgehead atoms. The third kappa shape index (κ3) is 7.86. The van der Waals surface area contributed by atoms with Crippen LogP contribution in [0.25, 0.3) is 0 Å². The average molecular weight is 641 g/mol. The summed E-state index contributed by atoms with van der Waals surface area (Å²) in [5.74, 6) is 2.35. The maximum Gasteiger partial charge on any atom is 0.192 e. The van der Waals surface area contributed by atoms with Crippen LogP contribution >= 0.6 is 0 Å². The van der Waals surface area contributed by atoms with Crippen LogP contribution in [0, 0.1) is 29.1 Å². The quantitative estimate of drug-likeness (QED) is 0.201. The monoisotopic (exact) mass is 640 g/mol. The van der Waals surface area contributed by atoms with Gasteiger partial charge >= 0.3 is 0 Å². The molecule has 3 nitrogen and oxygen atoms in total. The minimum Gasteiger partial charge on any atom is -0.413 e. The van der Waals surface area contributed by atoms with E-state index < -0.39 is 16.6 Å². The summed E-state index contributed by atoms with van der Waals surface area (Å²) < 4.78 is 14.2. The fourth-order valence-electron chi connectivity index (χ4n) is 7.93. The number of fused-ring (bicyclic) bond motifs is 1. The zero-order chi connectivity index (χ0) is 32.9. The van der Waals surface area contributed by atoms with Crippen molar-refractivity contribution in [1.82, 2.24) is 0 Å². The summed E-state index contributed by atoms with van der Waals surface area (Å²) in [5, 5.41) is 10.8. The van der Waals surface area contributed by atoms with Crippen LogP contribution in [-0.2, 0) is 8.85 Å². The van der Waals surface area contributed by atoms with E-state index in [4.69, 9.17) is 8.85 Å². The van der Waals surface area contributed by atoms with Crippen LogP contribution in [0.3, 0.4) is 0 Å². The molecule has 250 valence electrons. The molecule has 44 heavy (non-hydrogen) atoms. The minimum atomic E-state index is -1.98. The van der Waals surface area contributed by atoms with E-state index in [0.717, 1.165) is 12.8 Å². The van der Waals surface area contributed by atoms with Crippen molar-refractivity contribution in [1.29, 1.82) is 0 Å². The van der Waals surface area contributed by atoms with E-state index in [2.05, 4.69) is 112 Å². The third-order valence-electron chi connectivity index (χ3n) is 13.1. The summed E-state index contributed by atoms with van der Waals surface area (Å²) >= 11 is 0. The van der Waals surface area contributed by atoms with Gasteiger partial charge in [0, 0.05) is 6.42 Å². The molecular formula is C39H68O3Si2. The standard InChI is InChI=1S/C39H68O3Si2/c1-27(16-23-35(40)30-18-19-30)33-21-22-34-29(15-14-24-39(33,34)9)17-20-31-25-32(41-43(10,11)37(3,4)5)26-36(28(31)2)42-44(12,13)38(6,7)8/h16-17,20,23,27,30,32-36,40H,2,14-15,18-19,21-22,24-26H2,1,3-13H3/b23-16+,29-17+,31-20-/t27-,32-,33-,34+,35-,36+,39-/m1/s1. The largest absolute Gasteiger partial charge is 0.413 e. The second kappa shape index (κ2) is 13.1. The summed E-state index contributed by atoms with van der Waals surface area (Å²) in [6.45, 7) is 33.2. The Morgan fingerprint density at radius 3 is 2.11 bits per heavy atom. The summed E-state index contributed by atoms with van der Waals surface area (Å²) in [5.41, 5.74) is 4.49. The highest BCUT2D eigenvalue weighted by molar-refractivity contribution is 6.74. The van der Waals surface area contributed by atoms with Crippen LogP contribution in [-0.4, -0.2) is 40.1 Å². The molecule has 7 atom stereocenters. The van der Waals surface area contributed by atoms with Gasteiger partial charge in [-0.25, -0.2) is 0 Å². The van der Waals surface area contributed by atoms with E-state index in [1.165, 1.54) is 56.1 Å². The van der Waals surface area contributed by atoms with E-state index in [1.807, 2.05) is 0 Å². The molecule has 0 spiro atoms. The van der Waals surface area contributed by atoms with Crippen LogP contribution in [0.4, 0.5) is 0 Å². The molecule has 1 N–H and O–H groups in total. The molecule has 4 fully saturated rings. The first kappa shape index (κ1) is 36.1. The SMILES string of the molecule is C=C1/C(=C\C=C2/CCC[C@]3(C)[C@@H]([C@H](C)/C=C/[C@@H](O)C4CC4)CC[C@@H]23)C[C@@H](O[Si](C)(C)C(C)(C)C)C[C@@H]1O[Si](C)(C)C(C)(C)C. The van der Waals surface area contributed by atoms with Crippen molar-refractivity contribution in [3.63, 3.8) is 0 Å². The van der Waals surface area contributed by atoms with Gasteiger partial charge < -0.3 is 14.0 Å². The molecular weight excluding hydrogens is 573 g/mol. The lowest BCUT2D eigenvalue weighted by molar-refractivity contribution is 0.0969. The maximum absolute atomic E-state index is 10.5. The highest BCUT2D eigenvalue weighted by Crippen LogP contribution is 2.59. The van der Waals surface area contributed by atoms with Crippen molar-refractivity contribution >= 4 is 16.6 Å². The van der Waals surface area contributed by atoms with E-state index in [-0.39, 0.29) is 28.4 Å². The van der Waals surface area contributed by atoms with Crippen molar-refractivity contribution < 1.29 is 14.0 Å². The first-order chi connectivity index (χ1) is 20.2. The third-order valence-corrected chi connectivity index (χ3v) is 22.1. The lowest BCUT2D eigenvalue weighted by Crippen LogP contribution is -2.49. The van der Waals surface area contributed by atoms with Crippen LogP contribution in [0.5, 0.6) is 0 Å². The Bertz CT molecular complexity index is 1130. The summed E-state index contributed by atoms with van der Waals surface area (Å²) in [4.78, 5) is 0. The van der Waals surface area contributed by atoms with Gasteiger partial charge in [0.2, 0.25) is 0 Å². The number of rotatable bonds is 9. The van der Waals surface area contributed by atoms with Gasteiger partial charge in [0.1, 0.15) is 0 Å². The topological polar surface area (TPSA) is 38.7 Å². The molecule has 0 amide bonds. The predicted octanol–water partition coefficient (Wildman–Crippen LogP) is 11.1. The fraction of sp³-hybridized carbons (Fsp3) is 0.795. The van der Waals surface area contributed by atoms with Crippen molar-refractivity contribution in [3.8, 4) is 0 Å². The fourth-order valence-corrected chi connectivity index (χ4v) is 10.6. The van der Waals surface area contributed by atoms with Gasteiger partial charge in [0.25, 0.3) is 0 Å². The first-order valence-corrected chi connectivity index (χ1v) is 23.8. The molecule has 5 heteroatoms. The van der Waals surface area contributed by atoms with Crippen molar-refractivity contribution in [2.45, 2.75) is 168 Å². The van der Waals surface area contributed by atoms with Crippen LogP contribution in [0.15, 0.2) is 47.6 Å². The van der Waals surface area contributed by atoms with Crippen molar-refractivity contribution in [2.75, 3.05) is 0 Å². The Labute approximate surface area is 274 Å². The van der Waals surface area contributed by atoms with Gasteiger partial charge in [0.05, 0.1) is 18.3 Å². The van der Waals surface area contributed by atoms with Crippen molar-refractivity contribution in [3.05, 3.63) is 47.6 Å². The molecule has 0 radical (unpaired) electrons. The van der Waals surface area contributed by atoms with E-state index in [9.17, 15) is 5.11 Å². The molecule has 0 aromatic heterocycles. The van der Waals surface area contributed by atoms with Crippen LogP contribution in [0.1, 0.15) is 113 Å². The Balaban J connectivity index is 1.57. The van der Waals surface area contributed by atoms with Crippen molar-refractivity contribution in [2.24, 2.45) is 29.1 Å². The van der Waals surface area contributed by atoms with Gasteiger partial charge in [-0.15, -0.1) is 0 Å². The molecule has 4 aliphatic rings. The van der Waals surface area contributed by atoms with Gasteiger partial charge in [-0.2, -0.15) is 0 Å². The lowest BCUT2D eigenvalue weighted by atomic mass is 9.61. The number of allylic oxidation sites excluding steroid dienone is 4. The highest BCUT2D eigenvalue weighted by atomic mass is 28.4. The Kier molecular flexibility index (Phi) is 10.7. The van der Waals surface area contributed by atoms with Gasteiger partial charge in [-0.3, -0.25) is 0 Å². The highest BCUT2D eigenvalue weighted by Gasteiger charge is 2.50. The number of aliphatic hydroxyl groups is 1. The number of hydrogen-bond donors (Lipinski definition) is 1. The van der Waals surface area contributed by atoms with Crippen LogP contribution < -0.4 is 0 Å². The Hall–Kier alpha value is -0.726. The minimum absolute atomic E-state index is 0.0233. The molecule has 4 rings (SSSR count). The first-order valence-electron chi connectivity index (χ1n) is 18.0. The van der Waals surface area contributed by atoms with Crippen LogP contribution in [0.2, 0.25) is 36.3 Å². The van der Waals surface area contributed by atoms with E-state index in [1.54, 1.807) is 5.57 Å². The summed E-state index contributed by atoms with van der Waals surface area (Å²) in [6.07, 6.45) is 19.9. The molecule has 0 aromatic rings.